The molecule has 5 nitrogen and oxygen atoms in total. The van der Waals surface area contributed by atoms with Crippen molar-refractivity contribution in [3.63, 3.8) is 0 Å². The van der Waals surface area contributed by atoms with Crippen molar-refractivity contribution < 1.29 is 14.4 Å². The second-order valence-electron chi connectivity index (χ2n) is 7.33. The Morgan fingerprint density at radius 2 is 2.00 bits per heavy atom. The summed E-state index contributed by atoms with van der Waals surface area (Å²) in [4.78, 5) is 19.2. The third-order valence-electron chi connectivity index (χ3n) is 4.93. The van der Waals surface area contributed by atoms with Gasteiger partial charge in [0.1, 0.15) is 23.1 Å². The van der Waals surface area contributed by atoms with Crippen LogP contribution in [0.25, 0.3) is 31.8 Å². The number of nitrogens with zero attached hydrogens (tertiary/aromatic N) is 1. The highest BCUT2D eigenvalue weighted by Crippen LogP contribution is 2.35. The number of thiazole rings is 1. The largest absolute Gasteiger partial charge is 0.507 e. The number of nitrogens with one attached hydrogen (secondary N) is 1. The lowest BCUT2D eigenvalue weighted by atomic mass is 10.00. The number of phenolic OH excluding ortho intramolecular Hbond substituents is 1. The minimum atomic E-state index is -0.0949. The van der Waals surface area contributed by atoms with Crippen LogP contribution in [0.3, 0.4) is 0 Å². The Labute approximate surface area is 166 Å². The van der Waals surface area contributed by atoms with E-state index in [4.69, 9.17) is 4.42 Å². The number of phenols is 1. The minimum Gasteiger partial charge on any atom is -0.507 e. The number of quaternary nitrogens is 1. The average Bonchev–Trinajstić information content (AvgIpc) is 3.07. The Bertz CT molecular complexity index is 1220. The van der Waals surface area contributed by atoms with Gasteiger partial charge in [-0.15, -0.1) is 11.3 Å². The summed E-state index contributed by atoms with van der Waals surface area (Å²) in [5, 5.41) is 11.9. The monoisotopic (exact) mass is 395 g/mol. The summed E-state index contributed by atoms with van der Waals surface area (Å²) in [6.07, 6.45) is 0.640. The molecule has 28 heavy (non-hydrogen) atoms. The van der Waals surface area contributed by atoms with Crippen molar-refractivity contribution in [2.24, 2.45) is 0 Å². The first-order chi connectivity index (χ1) is 13.4. The molecule has 2 heterocycles. The Hall–Kier alpha value is -2.70. The zero-order valence-electron chi connectivity index (χ0n) is 16.4. The molecule has 2 N–H and O–H groups in total. The molecule has 2 aromatic heterocycles. The van der Waals surface area contributed by atoms with Gasteiger partial charge in [0.15, 0.2) is 5.58 Å². The lowest BCUT2D eigenvalue weighted by Crippen LogP contribution is -3.04. The fourth-order valence-corrected chi connectivity index (χ4v) is 4.63. The van der Waals surface area contributed by atoms with Crippen LogP contribution in [0, 0.1) is 6.92 Å². The van der Waals surface area contributed by atoms with Gasteiger partial charge in [0, 0.05) is 0 Å². The summed E-state index contributed by atoms with van der Waals surface area (Å²) in [5.41, 5.74) is 3.20. The Morgan fingerprint density at radius 1 is 1.25 bits per heavy atom. The van der Waals surface area contributed by atoms with Gasteiger partial charge in [-0.05, 0) is 37.1 Å². The Balaban J connectivity index is 2.05. The minimum absolute atomic E-state index is 0.0949. The second-order valence-corrected chi connectivity index (χ2v) is 8.36. The first kappa shape index (κ1) is 18.7. The van der Waals surface area contributed by atoms with E-state index in [9.17, 15) is 9.90 Å². The van der Waals surface area contributed by atoms with Crippen molar-refractivity contribution in [2.75, 3.05) is 14.1 Å². The fraction of sp³-hybridized carbons (Fsp3) is 0.273. The molecule has 0 amide bonds. The van der Waals surface area contributed by atoms with E-state index >= 15 is 0 Å². The van der Waals surface area contributed by atoms with Gasteiger partial charge in [0.05, 0.1) is 40.8 Å². The number of hydrogen-bond donors (Lipinski definition) is 2. The van der Waals surface area contributed by atoms with Gasteiger partial charge in [-0.3, -0.25) is 4.79 Å². The van der Waals surface area contributed by atoms with E-state index in [1.54, 1.807) is 13.0 Å². The molecular formula is C22H23N2O3S+. The van der Waals surface area contributed by atoms with Crippen molar-refractivity contribution in [2.45, 2.75) is 26.8 Å². The maximum absolute atomic E-state index is 13.5. The molecule has 4 rings (SSSR count). The normalized spacial score (nSPS) is 11.8. The molecule has 0 unspecified atom stereocenters. The highest BCUT2D eigenvalue weighted by molar-refractivity contribution is 7.21. The van der Waals surface area contributed by atoms with E-state index in [1.807, 2.05) is 45.3 Å². The standard InChI is InChI=1S/C22H22N2O3S/c1-5-13-10-14-20(26)18(22-23-16-8-6-7-9-17(16)28-22)12(2)27-21(14)15(19(13)25)11-24(3)4/h6-10,25H,5,11H2,1-4H3/p+1. The van der Waals surface area contributed by atoms with Crippen LogP contribution >= 0.6 is 11.3 Å². The zero-order valence-corrected chi connectivity index (χ0v) is 17.2. The first-order valence-corrected chi connectivity index (χ1v) is 10.2. The van der Waals surface area contributed by atoms with Gasteiger partial charge >= 0.3 is 0 Å². The van der Waals surface area contributed by atoms with Crippen molar-refractivity contribution in [1.29, 1.82) is 0 Å². The topological polar surface area (TPSA) is 67.8 Å². The van der Waals surface area contributed by atoms with E-state index in [2.05, 4.69) is 4.98 Å². The molecule has 0 atom stereocenters. The number of hydrogen-bond acceptors (Lipinski definition) is 5. The van der Waals surface area contributed by atoms with E-state index in [1.165, 1.54) is 11.3 Å². The van der Waals surface area contributed by atoms with Crippen LogP contribution in [-0.4, -0.2) is 24.2 Å². The van der Waals surface area contributed by atoms with Crippen molar-refractivity contribution in [3.05, 3.63) is 57.4 Å². The molecule has 144 valence electrons. The van der Waals surface area contributed by atoms with Crippen LogP contribution in [0.4, 0.5) is 0 Å². The fourth-order valence-electron chi connectivity index (χ4n) is 3.57. The average molecular weight is 396 g/mol. The van der Waals surface area contributed by atoms with Crippen molar-refractivity contribution in [3.8, 4) is 16.3 Å². The molecule has 6 heteroatoms. The Morgan fingerprint density at radius 3 is 2.68 bits per heavy atom. The van der Waals surface area contributed by atoms with E-state index in [0.29, 0.717) is 45.8 Å². The molecule has 2 aromatic carbocycles. The van der Waals surface area contributed by atoms with Crippen LogP contribution in [0.1, 0.15) is 23.8 Å². The zero-order chi connectivity index (χ0) is 20.0. The van der Waals surface area contributed by atoms with Gasteiger partial charge in [-0.2, -0.15) is 0 Å². The highest BCUT2D eigenvalue weighted by atomic mass is 32.1. The molecule has 0 radical (unpaired) electrons. The SMILES string of the molecule is CCc1cc2c(=O)c(-c3nc4ccccc4s3)c(C)oc2c(C[NH+](C)C)c1O. The first-order valence-electron chi connectivity index (χ1n) is 9.36. The lowest BCUT2D eigenvalue weighted by molar-refractivity contribution is -0.872. The van der Waals surface area contributed by atoms with Gasteiger partial charge in [-0.1, -0.05) is 19.1 Å². The summed E-state index contributed by atoms with van der Waals surface area (Å²) in [7, 11) is 4.01. The van der Waals surface area contributed by atoms with Crippen LogP contribution in [0.5, 0.6) is 5.75 Å². The summed E-state index contributed by atoms with van der Waals surface area (Å²) >= 11 is 1.49. The molecule has 0 aliphatic carbocycles. The van der Waals surface area contributed by atoms with Crippen LogP contribution < -0.4 is 10.3 Å². The Kier molecular flexibility index (Phi) is 4.69. The molecule has 0 aliphatic rings. The molecule has 0 aliphatic heterocycles. The maximum Gasteiger partial charge on any atom is 0.203 e. The van der Waals surface area contributed by atoms with Crippen LogP contribution in [0.15, 0.2) is 39.5 Å². The third kappa shape index (κ3) is 2.99. The van der Waals surface area contributed by atoms with E-state index < -0.39 is 0 Å². The number of benzene rings is 2. The summed E-state index contributed by atoms with van der Waals surface area (Å²) in [6, 6.07) is 9.61. The third-order valence-corrected chi connectivity index (χ3v) is 5.98. The summed E-state index contributed by atoms with van der Waals surface area (Å²) < 4.78 is 7.17. The quantitative estimate of drug-likeness (QED) is 0.556. The van der Waals surface area contributed by atoms with Crippen molar-refractivity contribution >= 4 is 32.5 Å². The smallest absolute Gasteiger partial charge is 0.203 e. The van der Waals surface area contributed by atoms with Crippen LogP contribution in [-0.2, 0) is 13.0 Å². The van der Waals surface area contributed by atoms with E-state index in [0.717, 1.165) is 20.7 Å². The number of fused-ring (bicyclic) bond motifs is 2. The second kappa shape index (κ2) is 7.04. The molecule has 0 saturated heterocycles. The molecular weight excluding hydrogens is 372 g/mol. The van der Waals surface area contributed by atoms with Crippen molar-refractivity contribution in [1.82, 2.24) is 4.98 Å². The number of rotatable bonds is 4. The van der Waals surface area contributed by atoms with E-state index in [-0.39, 0.29) is 11.2 Å². The summed E-state index contributed by atoms with van der Waals surface area (Å²) in [5.74, 6) is 0.752. The molecule has 0 fully saturated rings. The number of aromatic hydroxyl groups is 1. The predicted octanol–water partition coefficient (Wildman–Crippen LogP) is 3.29. The predicted molar refractivity (Wildman–Crippen MR) is 113 cm³/mol. The highest BCUT2D eigenvalue weighted by Gasteiger charge is 2.23. The van der Waals surface area contributed by atoms with Gasteiger partial charge in [0.2, 0.25) is 5.43 Å². The number of aryl methyl sites for hydroxylation is 2. The molecule has 0 bridgehead atoms. The maximum atomic E-state index is 13.5. The van der Waals surface area contributed by atoms with Crippen LogP contribution in [0.2, 0.25) is 0 Å². The molecule has 0 spiro atoms. The van der Waals surface area contributed by atoms with Gasteiger partial charge in [-0.25, -0.2) is 4.98 Å². The number of para-hydroxylation sites is 1. The van der Waals surface area contributed by atoms with Gasteiger partial charge in [0.25, 0.3) is 0 Å². The molecule has 4 aromatic rings. The summed E-state index contributed by atoms with van der Waals surface area (Å²) in [6.45, 7) is 4.33. The lowest BCUT2D eigenvalue weighted by Gasteiger charge is -2.15. The van der Waals surface area contributed by atoms with Gasteiger partial charge < -0.3 is 14.4 Å². The molecule has 0 saturated carbocycles. The number of aromatic nitrogens is 1.